The van der Waals surface area contributed by atoms with Crippen molar-refractivity contribution in [1.82, 2.24) is 19.5 Å². The van der Waals surface area contributed by atoms with Crippen molar-refractivity contribution in [3.05, 3.63) is 41.3 Å². The minimum atomic E-state index is -0.393. The highest BCUT2D eigenvalue weighted by molar-refractivity contribution is 6.33. The number of piperidine rings is 1. The zero-order chi connectivity index (χ0) is 20.4. The number of nitrogens with one attached hydrogen (secondary N) is 1. The van der Waals surface area contributed by atoms with Gasteiger partial charge in [-0.05, 0) is 43.7 Å². The van der Waals surface area contributed by atoms with E-state index in [0.717, 1.165) is 25.9 Å². The summed E-state index contributed by atoms with van der Waals surface area (Å²) in [5, 5.41) is 21.6. The topological polar surface area (TPSA) is 74.9 Å². The number of hydrogen-bond donors (Lipinski definition) is 2. The molecule has 9 heteroatoms. The molecule has 0 spiro atoms. The van der Waals surface area contributed by atoms with Crippen LogP contribution in [-0.4, -0.2) is 64.0 Å². The standard InChI is InChI=1S/C20H23ClFN5O2/c1-29-14-4-5-15(16(21)11-14)18-19-17(22)6-8-27(19)20(25-24-18)23-13-3-2-7-26(12-13)9-10-28/h4-6,8,11,13,28H,2-3,7,9-10,12H2,1H3,(H,23,25). The molecule has 1 aliphatic rings. The molecule has 0 bridgehead atoms. The van der Waals surface area contributed by atoms with Gasteiger partial charge in [-0.25, -0.2) is 4.39 Å². The van der Waals surface area contributed by atoms with Crippen LogP contribution < -0.4 is 10.1 Å². The predicted octanol–water partition coefficient (Wildman–Crippen LogP) is 3.07. The fourth-order valence-electron chi connectivity index (χ4n) is 3.80. The van der Waals surface area contributed by atoms with Gasteiger partial charge in [-0.3, -0.25) is 9.30 Å². The number of methoxy groups -OCH3 is 1. The first-order valence-corrected chi connectivity index (χ1v) is 9.95. The van der Waals surface area contributed by atoms with Gasteiger partial charge in [-0.1, -0.05) is 11.6 Å². The maximum Gasteiger partial charge on any atom is 0.228 e. The molecule has 1 fully saturated rings. The van der Waals surface area contributed by atoms with Crippen molar-refractivity contribution < 1.29 is 14.2 Å². The Morgan fingerprint density at radius 2 is 2.21 bits per heavy atom. The van der Waals surface area contributed by atoms with Crippen molar-refractivity contribution >= 4 is 23.1 Å². The number of aliphatic hydroxyl groups excluding tert-OH is 1. The molecule has 1 aromatic carbocycles. The molecule has 1 saturated heterocycles. The minimum Gasteiger partial charge on any atom is -0.497 e. The molecule has 3 heterocycles. The van der Waals surface area contributed by atoms with E-state index in [1.54, 1.807) is 35.9 Å². The first-order valence-electron chi connectivity index (χ1n) is 9.57. The molecular weight excluding hydrogens is 397 g/mol. The third kappa shape index (κ3) is 4.01. The molecule has 1 atom stereocenters. The lowest BCUT2D eigenvalue weighted by Crippen LogP contribution is -2.43. The number of β-amino-alcohol motifs (C(OH)–C–C–N with tert-alkyl or cyclic N) is 1. The van der Waals surface area contributed by atoms with E-state index in [0.29, 0.717) is 40.0 Å². The summed E-state index contributed by atoms with van der Waals surface area (Å²) in [4.78, 5) is 2.20. The second-order valence-electron chi connectivity index (χ2n) is 7.11. The Labute approximate surface area is 173 Å². The lowest BCUT2D eigenvalue weighted by Gasteiger charge is -2.32. The molecule has 2 N–H and O–H groups in total. The number of halogens is 2. The zero-order valence-corrected chi connectivity index (χ0v) is 16.9. The monoisotopic (exact) mass is 419 g/mol. The van der Waals surface area contributed by atoms with Gasteiger partial charge >= 0.3 is 0 Å². The maximum atomic E-state index is 14.7. The van der Waals surface area contributed by atoms with Gasteiger partial charge in [0, 0.05) is 30.9 Å². The smallest absolute Gasteiger partial charge is 0.228 e. The Balaban J connectivity index is 1.68. The highest BCUT2D eigenvalue weighted by atomic mass is 35.5. The van der Waals surface area contributed by atoms with Crippen molar-refractivity contribution in [2.45, 2.75) is 18.9 Å². The summed E-state index contributed by atoms with van der Waals surface area (Å²) < 4.78 is 21.5. The van der Waals surface area contributed by atoms with Crippen LogP contribution in [0.3, 0.4) is 0 Å². The summed E-state index contributed by atoms with van der Waals surface area (Å²) in [6, 6.07) is 6.71. The predicted molar refractivity (Wildman–Crippen MR) is 110 cm³/mol. The number of nitrogens with zero attached hydrogens (tertiary/aromatic N) is 4. The molecule has 29 heavy (non-hydrogen) atoms. The van der Waals surface area contributed by atoms with Crippen molar-refractivity contribution in [1.29, 1.82) is 0 Å². The molecule has 7 nitrogen and oxygen atoms in total. The summed E-state index contributed by atoms with van der Waals surface area (Å²) in [6.07, 6.45) is 3.63. The highest BCUT2D eigenvalue weighted by Gasteiger charge is 2.23. The molecule has 154 valence electrons. The summed E-state index contributed by atoms with van der Waals surface area (Å²) in [7, 11) is 1.56. The first-order chi connectivity index (χ1) is 14.1. The third-order valence-electron chi connectivity index (χ3n) is 5.22. The van der Waals surface area contributed by atoms with Gasteiger partial charge in [-0.2, -0.15) is 0 Å². The van der Waals surface area contributed by atoms with E-state index in [1.165, 1.54) is 6.07 Å². The van der Waals surface area contributed by atoms with Crippen LogP contribution >= 0.6 is 11.6 Å². The van der Waals surface area contributed by atoms with E-state index in [2.05, 4.69) is 20.4 Å². The third-order valence-corrected chi connectivity index (χ3v) is 5.53. The Hall–Kier alpha value is -2.42. The molecule has 4 rings (SSSR count). The fourth-order valence-corrected chi connectivity index (χ4v) is 4.06. The van der Waals surface area contributed by atoms with E-state index in [4.69, 9.17) is 16.3 Å². The van der Waals surface area contributed by atoms with Gasteiger partial charge < -0.3 is 15.2 Å². The van der Waals surface area contributed by atoms with Crippen LogP contribution in [0.25, 0.3) is 16.8 Å². The minimum absolute atomic E-state index is 0.136. The van der Waals surface area contributed by atoms with Crippen LogP contribution in [-0.2, 0) is 0 Å². The highest BCUT2D eigenvalue weighted by Crippen LogP contribution is 2.34. The van der Waals surface area contributed by atoms with Gasteiger partial charge in [0.25, 0.3) is 0 Å². The van der Waals surface area contributed by atoms with Crippen LogP contribution in [0, 0.1) is 5.82 Å². The number of hydrogen-bond acceptors (Lipinski definition) is 6. The Morgan fingerprint density at radius 1 is 1.34 bits per heavy atom. The van der Waals surface area contributed by atoms with Crippen LogP contribution in [0.1, 0.15) is 12.8 Å². The number of rotatable bonds is 6. The van der Waals surface area contributed by atoms with Gasteiger partial charge in [0.2, 0.25) is 5.95 Å². The normalized spacial score (nSPS) is 17.6. The fraction of sp³-hybridized carbons (Fsp3) is 0.400. The summed E-state index contributed by atoms with van der Waals surface area (Å²) in [6.45, 7) is 2.54. The Bertz CT molecular complexity index is 1010. The van der Waals surface area contributed by atoms with Crippen molar-refractivity contribution in [2.75, 3.05) is 38.7 Å². The van der Waals surface area contributed by atoms with Crippen LogP contribution in [0.2, 0.25) is 5.02 Å². The Kier molecular flexibility index (Phi) is 5.84. The van der Waals surface area contributed by atoms with E-state index in [9.17, 15) is 9.50 Å². The van der Waals surface area contributed by atoms with Gasteiger partial charge in [0.05, 0.1) is 18.7 Å². The van der Waals surface area contributed by atoms with E-state index >= 15 is 0 Å². The summed E-state index contributed by atoms with van der Waals surface area (Å²) in [5.41, 5.74) is 1.27. The van der Waals surface area contributed by atoms with Crippen molar-refractivity contribution in [3.8, 4) is 17.0 Å². The van der Waals surface area contributed by atoms with Crippen LogP contribution in [0.5, 0.6) is 5.75 Å². The number of fused-ring (bicyclic) bond motifs is 1. The molecule has 2 aromatic heterocycles. The molecule has 3 aromatic rings. The molecule has 0 radical (unpaired) electrons. The van der Waals surface area contributed by atoms with Crippen LogP contribution in [0.15, 0.2) is 30.5 Å². The number of aromatic nitrogens is 3. The van der Waals surface area contributed by atoms with Gasteiger partial charge in [0.1, 0.15) is 17.0 Å². The molecule has 0 amide bonds. The summed E-state index contributed by atoms with van der Waals surface area (Å²) >= 11 is 6.38. The van der Waals surface area contributed by atoms with E-state index < -0.39 is 5.82 Å². The molecule has 1 aliphatic heterocycles. The zero-order valence-electron chi connectivity index (χ0n) is 16.1. The SMILES string of the molecule is COc1ccc(-c2nnc(NC3CCCN(CCO)C3)n3ccc(F)c23)c(Cl)c1. The molecule has 0 aliphatic carbocycles. The number of anilines is 1. The van der Waals surface area contributed by atoms with Crippen LogP contribution in [0.4, 0.5) is 10.3 Å². The number of aliphatic hydroxyl groups is 1. The Morgan fingerprint density at radius 3 is 2.97 bits per heavy atom. The number of ether oxygens (including phenoxy) is 1. The van der Waals surface area contributed by atoms with Crippen molar-refractivity contribution in [2.24, 2.45) is 0 Å². The molecular formula is C20H23ClFN5O2. The quantitative estimate of drug-likeness (QED) is 0.639. The number of likely N-dealkylation sites (tertiary alicyclic amines) is 1. The number of benzene rings is 1. The summed E-state index contributed by atoms with van der Waals surface area (Å²) in [5.74, 6) is 0.699. The average molecular weight is 420 g/mol. The maximum absolute atomic E-state index is 14.7. The van der Waals surface area contributed by atoms with E-state index in [1.807, 2.05) is 0 Å². The lowest BCUT2D eigenvalue weighted by molar-refractivity contribution is 0.166. The second-order valence-corrected chi connectivity index (χ2v) is 7.52. The van der Waals surface area contributed by atoms with E-state index in [-0.39, 0.29) is 12.6 Å². The lowest BCUT2D eigenvalue weighted by atomic mass is 10.1. The first kappa shape index (κ1) is 19.9. The largest absolute Gasteiger partial charge is 0.497 e. The second kappa shape index (κ2) is 8.52. The van der Waals surface area contributed by atoms with Crippen molar-refractivity contribution in [3.63, 3.8) is 0 Å². The van der Waals surface area contributed by atoms with Gasteiger partial charge in [0.15, 0.2) is 5.82 Å². The van der Waals surface area contributed by atoms with Gasteiger partial charge in [-0.15, -0.1) is 10.2 Å². The molecule has 1 unspecified atom stereocenters. The molecule has 0 saturated carbocycles. The average Bonchev–Trinajstić information content (AvgIpc) is 3.11.